The summed E-state index contributed by atoms with van der Waals surface area (Å²) in [5.74, 6) is -1.69. The summed E-state index contributed by atoms with van der Waals surface area (Å²) >= 11 is 1.57. The second-order valence-electron chi connectivity index (χ2n) is 11.3. The molecule has 10 heteroatoms. The molecule has 1 aromatic heterocycles. The van der Waals surface area contributed by atoms with Gasteiger partial charge in [0.2, 0.25) is 11.8 Å². The van der Waals surface area contributed by atoms with Crippen molar-refractivity contribution in [3.05, 3.63) is 41.0 Å². The lowest BCUT2D eigenvalue weighted by atomic mass is 9.85. The summed E-state index contributed by atoms with van der Waals surface area (Å²) in [6.07, 6.45) is -0.504. The molecule has 2 fully saturated rings. The highest BCUT2D eigenvalue weighted by Gasteiger charge is 2.53. The summed E-state index contributed by atoms with van der Waals surface area (Å²) in [6, 6.07) is 5.60. The Morgan fingerprint density at radius 3 is 2.38 bits per heavy atom. The monoisotopic (exact) mass is 530 g/mol. The van der Waals surface area contributed by atoms with E-state index >= 15 is 0 Å². The van der Waals surface area contributed by atoms with Gasteiger partial charge in [-0.3, -0.25) is 14.4 Å². The lowest BCUT2D eigenvalue weighted by Gasteiger charge is -2.35. The van der Waals surface area contributed by atoms with Gasteiger partial charge in [-0.15, -0.1) is 11.3 Å². The number of thiazole rings is 1. The third-order valence-electron chi connectivity index (χ3n) is 7.13. The number of halogens is 1. The molecular weight excluding hydrogens is 495 g/mol. The predicted molar refractivity (Wildman–Crippen MR) is 139 cm³/mol. The van der Waals surface area contributed by atoms with E-state index in [0.717, 1.165) is 21.7 Å². The highest BCUT2D eigenvalue weighted by molar-refractivity contribution is 7.13. The van der Waals surface area contributed by atoms with Gasteiger partial charge in [-0.2, -0.15) is 0 Å². The molecule has 8 nitrogen and oxygen atoms in total. The normalized spacial score (nSPS) is 22.3. The summed E-state index contributed by atoms with van der Waals surface area (Å²) in [6.45, 7) is 9.11. The second kappa shape index (κ2) is 10.1. The SMILES string of the molecule is Cc1ncsc1-c1ccc(C(C)NC(=O)C2C[C@@H](O)CN2C(=O)[C@@H](NC(=O)C2(F)CC2)C(C)(C)C)cc1. The number of rotatable bonds is 7. The van der Waals surface area contributed by atoms with Gasteiger partial charge in [0.25, 0.3) is 5.91 Å². The number of carbonyl (C=O) groups is 3. The lowest BCUT2D eigenvalue weighted by Crippen LogP contribution is -2.59. The summed E-state index contributed by atoms with van der Waals surface area (Å²) in [5, 5.41) is 15.9. The number of amides is 3. The van der Waals surface area contributed by atoms with Gasteiger partial charge in [0.1, 0.15) is 12.1 Å². The molecule has 1 saturated heterocycles. The van der Waals surface area contributed by atoms with E-state index < -0.39 is 41.1 Å². The highest BCUT2D eigenvalue weighted by atomic mass is 32.1. The number of aliphatic hydroxyl groups excluding tert-OH is 1. The van der Waals surface area contributed by atoms with Gasteiger partial charge in [-0.1, -0.05) is 45.0 Å². The number of β-amino-alcohol motifs (C(OH)–C–C–N with tert-alkyl or cyclic N) is 1. The fourth-order valence-corrected chi connectivity index (χ4v) is 5.42. The van der Waals surface area contributed by atoms with Crippen LogP contribution in [0.4, 0.5) is 4.39 Å². The molecule has 1 aliphatic heterocycles. The van der Waals surface area contributed by atoms with Crippen molar-refractivity contribution in [2.75, 3.05) is 6.54 Å². The van der Waals surface area contributed by atoms with E-state index in [1.807, 2.05) is 43.6 Å². The molecule has 0 bridgehead atoms. The lowest BCUT2D eigenvalue weighted by molar-refractivity contribution is -0.145. The number of nitrogens with one attached hydrogen (secondary N) is 2. The van der Waals surface area contributed by atoms with Gasteiger partial charge >= 0.3 is 0 Å². The first-order valence-electron chi connectivity index (χ1n) is 12.6. The topological polar surface area (TPSA) is 112 Å². The van der Waals surface area contributed by atoms with Gasteiger partial charge in [0, 0.05) is 13.0 Å². The number of aliphatic hydroxyl groups is 1. The zero-order valence-corrected chi connectivity index (χ0v) is 22.7. The minimum atomic E-state index is -1.92. The van der Waals surface area contributed by atoms with Crippen LogP contribution < -0.4 is 10.6 Å². The zero-order chi connectivity index (χ0) is 27.1. The average molecular weight is 531 g/mol. The van der Waals surface area contributed by atoms with Crippen molar-refractivity contribution < 1.29 is 23.9 Å². The van der Waals surface area contributed by atoms with Crippen LogP contribution in [0.1, 0.15) is 64.3 Å². The molecule has 2 heterocycles. The predicted octanol–water partition coefficient (Wildman–Crippen LogP) is 3.29. The van der Waals surface area contributed by atoms with Crippen molar-refractivity contribution in [2.45, 2.75) is 83.8 Å². The van der Waals surface area contributed by atoms with Crippen LogP contribution in [0.3, 0.4) is 0 Å². The smallest absolute Gasteiger partial charge is 0.258 e. The van der Waals surface area contributed by atoms with Crippen molar-refractivity contribution in [3.63, 3.8) is 0 Å². The van der Waals surface area contributed by atoms with E-state index in [-0.39, 0.29) is 37.8 Å². The van der Waals surface area contributed by atoms with Crippen LogP contribution in [0.5, 0.6) is 0 Å². The number of alkyl halides is 1. The van der Waals surface area contributed by atoms with Crippen molar-refractivity contribution in [1.82, 2.24) is 20.5 Å². The largest absolute Gasteiger partial charge is 0.391 e. The third-order valence-corrected chi connectivity index (χ3v) is 8.10. The van der Waals surface area contributed by atoms with Crippen molar-refractivity contribution in [1.29, 1.82) is 0 Å². The van der Waals surface area contributed by atoms with Gasteiger partial charge < -0.3 is 20.6 Å². The summed E-state index contributed by atoms with van der Waals surface area (Å²) < 4.78 is 14.3. The van der Waals surface area contributed by atoms with Gasteiger partial charge in [0.05, 0.1) is 28.2 Å². The maximum absolute atomic E-state index is 14.3. The Kier molecular flexibility index (Phi) is 7.45. The Labute approximate surface area is 220 Å². The minimum absolute atomic E-state index is 0.0303. The molecule has 1 aliphatic carbocycles. The van der Waals surface area contributed by atoms with E-state index in [0.29, 0.717) is 0 Å². The Bertz CT molecular complexity index is 1170. The number of likely N-dealkylation sites (tertiary alicyclic amines) is 1. The molecule has 2 aromatic rings. The third kappa shape index (κ3) is 5.85. The molecule has 4 atom stereocenters. The van der Waals surface area contributed by atoms with E-state index in [9.17, 15) is 23.9 Å². The number of carbonyl (C=O) groups excluding carboxylic acids is 3. The fourth-order valence-electron chi connectivity index (χ4n) is 4.61. The average Bonchev–Trinajstić information content (AvgIpc) is 3.25. The first kappa shape index (κ1) is 27.2. The standard InChI is InChI=1S/C27H35FN4O4S/c1-15(17-6-8-18(9-7-17)21-16(2)29-14-37-21)30-23(34)20-12-19(33)13-32(20)24(35)22(26(3,4)5)31-25(36)27(28)10-11-27/h6-9,14-15,19-20,22,33H,10-13H2,1-5H3,(H,30,34)(H,31,36)/t15?,19-,20?,22-/m1/s1. The van der Waals surface area contributed by atoms with Crippen LogP contribution in [-0.2, 0) is 14.4 Å². The van der Waals surface area contributed by atoms with Crippen LogP contribution >= 0.6 is 11.3 Å². The molecule has 1 aromatic carbocycles. The van der Waals surface area contributed by atoms with Crippen LogP contribution in [0.2, 0.25) is 0 Å². The van der Waals surface area contributed by atoms with Crippen LogP contribution in [0.15, 0.2) is 29.8 Å². The number of benzene rings is 1. The number of aryl methyl sites for hydroxylation is 1. The molecule has 3 amide bonds. The maximum Gasteiger partial charge on any atom is 0.258 e. The summed E-state index contributed by atoms with van der Waals surface area (Å²) in [5.41, 5.74) is 2.07. The molecule has 37 heavy (non-hydrogen) atoms. The summed E-state index contributed by atoms with van der Waals surface area (Å²) in [4.78, 5) is 46.0. The summed E-state index contributed by atoms with van der Waals surface area (Å²) in [7, 11) is 0. The van der Waals surface area contributed by atoms with Crippen LogP contribution in [0, 0.1) is 12.3 Å². The first-order chi connectivity index (χ1) is 17.3. The van der Waals surface area contributed by atoms with Crippen molar-refractivity contribution in [3.8, 4) is 10.4 Å². The minimum Gasteiger partial charge on any atom is -0.391 e. The number of aromatic nitrogens is 1. The van der Waals surface area contributed by atoms with E-state index in [4.69, 9.17) is 0 Å². The van der Waals surface area contributed by atoms with Crippen molar-refractivity contribution in [2.24, 2.45) is 5.41 Å². The molecule has 1 saturated carbocycles. The van der Waals surface area contributed by atoms with Gasteiger partial charge in [-0.25, -0.2) is 9.37 Å². The van der Waals surface area contributed by atoms with Gasteiger partial charge in [0.15, 0.2) is 5.67 Å². The molecule has 200 valence electrons. The molecule has 0 radical (unpaired) electrons. The Hall–Kier alpha value is -2.85. The Balaban J connectivity index is 1.46. The molecule has 2 aliphatic rings. The quantitative estimate of drug-likeness (QED) is 0.509. The zero-order valence-electron chi connectivity index (χ0n) is 21.9. The number of nitrogens with zero attached hydrogens (tertiary/aromatic N) is 2. The molecular formula is C27H35FN4O4S. The molecule has 0 spiro atoms. The maximum atomic E-state index is 14.3. The Morgan fingerprint density at radius 2 is 1.84 bits per heavy atom. The van der Waals surface area contributed by atoms with Crippen LogP contribution in [0.25, 0.3) is 10.4 Å². The number of hydrogen-bond acceptors (Lipinski definition) is 6. The second-order valence-corrected chi connectivity index (χ2v) is 12.1. The molecule has 2 unspecified atom stereocenters. The van der Waals surface area contributed by atoms with E-state index in [2.05, 4.69) is 15.6 Å². The van der Waals surface area contributed by atoms with Crippen molar-refractivity contribution >= 4 is 29.1 Å². The molecule has 4 rings (SSSR count). The molecule has 3 N–H and O–H groups in total. The Morgan fingerprint density at radius 1 is 1.19 bits per heavy atom. The number of hydrogen-bond donors (Lipinski definition) is 3. The fraction of sp³-hybridized carbons (Fsp3) is 0.556. The van der Waals surface area contributed by atoms with E-state index in [1.54, 1.807) is 32.1 Å². The first-order valence-corrected chi connectivity index (χ1v) is 13.5. The highest BCUT2D eigenvalue weighted by Crippen LogP contribution is 2.40. The van der Waals surface area contributed by atoms with Crippen LogP contribution in [-0.4, -0.2) is 63.1 Å². The van der Waals surface area contributed by atoms with E-state index in [1.165, 1.54) is 4.90 Å². The van der Waals surface area contributed by atoms with Gasteiger partial charge in [-0.05, 0) is 43.2 Å².